The van der Waals surface area contributed by atoms with Crippen molar-refractivity contribution in [1.29, 1.82) is 0 Å². The Morgan fingerprint density at radius 2 is 1.53 bits per heavy atom. The topological polar surface area (TPSA) is 45.0 Å². The fraction of sp³-hybridized carbons (Fsp3) is 0.207. The zero-order valence-electron chi connectivity index (χ0n) is 20.3. The average Bonchev–Trinajstić information content (AvgIpc) is 3.21. The molecule has 0 saturated heterocycles. The van der Waals surface area contributed by atoms with Crippen molar-refractivity contribution in [3.05, 3.63) is 101 Å². The quantitative estimate of drug-likeness (QED) is 0.219. The van der Waals surface area contributed by atoms with Gasteiger partial charge in [0.15, 0.2) is 0 Å². The lowest BCUT2D eigenvalue weighted by Gasteiger charge is -2.14. The summed E-state index contributed by atoms with van der Waals surface area (Å²) in [4.78, 5) is 5.72. The molecule has 0 aliphatic carbocycles. The van der Waals surface area contributed by atoms with Gasteiger partial charge in [-0.2, -0.15) is 0 Å². The molecule has 0 saturated carbocycles. The zero-order chi connectivity index (χ0) is 24.1. The van der Waals surface area contributed by atoms with Crippen molar-refractivity contribution >= 4 is 5.71 Å². The van der Waals surface area contributed by atoms with Crippen LogP contribution in [-0.4, -0.2) is 24.5 Å². The van der Waals surface area contributed by atoms with E-state index in [9.17, 15) is 0 Å². The molecule has 1 aromatic heterocycles. The minimum atomic E-state index is 0.428. The minimum absolute atomic E-state index is 0.428. The Balaban J connectivity index is 1.75. The molecule has 0 bridgehead atoms. The molecule has 174 valence electrons. The number of ether oxygens (including phenoxy) is 2. The van der Waals surface area contributed by atoms with E-state index in [4.69, 9.17) is 14.3 Å². The lowest BCUT2D eigenvalue weighted by atomic mass is 10.1. The number of aryl methyl sites for hydroxylation is 1. The van der Waals surface area contributed by atoms with E-state index in [-0.39, 0.29) is 0 Å². The van der Waals surface area contributed by atoms with Crippen LogP contribution < -0.4 is 9.47 Å². The Kier molecular flexibility index (Phi) is 7.02. The Labute approximate surface area is 201 Å². The van der Waals surface area contributed by atoms with E-state index in [1.54, 1.807) is 14.2 Å². The highest BCUT2D eigenvalue weighted by molar-refractivity contribution is 6.01. The molecule has 5 nitrogen and oxygen atoms in total. The van der Waals surface area contributed by atoms with Crippen molar-refractivity contribution < 1.29 is 14.3 Å². The van der Waals surface area contributed by atoms with E-state index in [0.29, 0.717) is 6.61 Å². The van der Waals surface area contributed by atoms with E-state index in [1.807, 2.05) is 55.5 Å². The standard InChI is InChI=1S/C29H30N2O3/c1-20-9-6-10-23(15-20)19-34-30-21(2)28-18-29(24-11-7-13-26(16-24)32-4)31(22(28)3)25-12-8-14-27(17-25)33-5/h6-18H,19H2,1-5H3/b30-21-. The van der Waals surface area contributed by atoms with Gasteiger partial charge in [-0.3, -0.25) is 0 Å². The van der Waals surface area contributed by atoms with E-state index in [2.05, 4.69) is 53.9 Å². The van der Waals surface area contributed by atoms with Gasteiger partial charge in [0.2, 0.25) is 0 Å². The fourth-order valence-electron chi connectivity index (χ4n) is 4.10. The predicted molar refractivity (Wildman–Crippen MR) is 137 cm³/mol. The second-order valence-corrected chi connectivity index (χ2v) is 8.24. The lowest BCUT2D eigenvalue weighted by Crippen LogP contribution is -2.03. The van der Waals surface area contributed by atoms with Crippen LogP contribution >= 0.6 is 0 Å². The molecule has 3 aromatic carbocycles. The minimum Gasteiger partial charge on any atom is -0.497 e. The number of oxime groups is 1. The van der Waals surface area contributed by atoms with E-state index < -0.39 is 0 Å². The molecule has 0 aliphatic rings. The maximum Gasteiger partial charge on any atom is 0.142 e. The van der Waals surface area contributed by atoms with Crippen molar-refractivity contribution in [2.75, 3.05) is 14.2 Å². The number of aromatic nitrogens is 1. The molecule has 5 heteroatoms. The third kappa shape index (κ3) is 4.99. The maximum atomic E-state index is 5.72. The van der Waals surface area contributed by atoms with Gasteiger partial charge in [0.1, 0.15) is 18.1 Å². The summed E-state index contributed by atoms with van der Waals surface area (Å²) in [7, 11) is 3.36. The highest BCUT2D eigenvalue weighted by Crippen LogP contribution is 2.32. The number of hydrogen-bond donors (Lipinski definition) is 0. The molecule has 0 unspecified atom stereocenters. The third-order valence-electron chi connectivity index (χ3n) is 5.83. The van der Waals surface area contributed by atoms with Crippen LogP contribution in [0.3, 0.4) is 0 Å². The van der Waals surface area contributed by atoms with Gasteiger partial charge in [-0.1, -0.05) is 53.2 Å². The summed E-state index contributed by atoms with van der Waals surface area (Å²) < 4.78 is 13.2. The van der Waals surface area contributed by atoms with Crippen molar-refractivity contribution in [2.24, 2.45) is 5.16 Å². The zero-order valence-corrected chi connectivity index (χ0v) is 20.3. The summed E-state index contributed by atoms with van der Waals surface area (Å²) in [5, 5.41) is 4.44. The van der Waals surface area contributed by atoms with Crippen LogP contribution in [0.15, 0.2) is 84.0 Å². The highest BCUT2D eigenvalue weighted by atomic mass is 16.6. The SMILES string of the molecule is COc1cccc(-c2cc(/C(C)=N\OCc3cccc(C)c3)c(C)n2-c2cccc(OC)c2)c1. The molecule has 0 N–H and O–H groups in total. The molecule has 0 atom stereocenters. The number of methoxy groups -OCH3 is 2. The Bertz CT molecular complexity index is 1320. The monoisotopic (exact) mass is 454 g/mol. The van der Waals surface area contributed by atoms with Crippen LogP contribution in [0.2, 0.25) is 0 Å². The van der Waals surface area contributed by atoms with Gasteiger partial charge in [-0.15, -0.1) is 0 Å². The molecule has 0 radical (unpaired) electrons. The van der Waals surface area contributed by atoms with E-state index in [1.165, 1.54) is 5.56 Å². The molecule has 0 fully saturated rings. The largest absolute Gasteiger partial charge is 0.497 e. The van der Waals surface area contributed by atoms with E-state index in [0.717, 1.165) is 51.0 Å². The third-order valence-corrected chi connectivity index (χ3v) is 5.83. The van der Waals surface area contributed by atoms with Crippen LogP contribution in [0.1, 0.15) is 29.3 Å². The molecule has 0 spiro atoms. The molecule has 0 aliphatic heterocycles. The van der Waals surface area contributed by atoms with Crippen molar-refractivity contribution in [1.82, 2.24) is 4.57 Å². The molecule has 34 heavy (non-hydrogen) atoms. The summed E-state index contributed by atoms with van der Waals surface area (Å²) >= 11 is 0. The summed E-state index contributed by atoms with van der Waals surface area (Å²) in [6, 6.07) is 26.5. The summed E-state index contributed by atoms with van der Waals surface area (Å²) in [5.41, 5.74) is 8.29. The molecular weight excluding hydrogens is 424 g/mol. The predicted octanol–water partition coefficient (Wildman–Crippen LogP) is 6.72. The van der Waals surface area contributed by atoms with Gasteiger partial charge in [0.25, 0.3) is 0 Å². The van der Waals surface area contributed by atoms with Crippen molar-refractivity contribution in [2.45, 2.75) is 27.4 Å². The van der Waals surface area contributed by atoms with Gasteiger partial charge >= 0.3 is 0 Å². The molecule has 1 heterocycles. The van der Waals surface area contributed by atoms with Crippen LogP contribution in [0, 0.1) is 13.8 Å². The van der Waals surface area contributed by atoms with Gasteiger partial charge < -0.3 is 18.9 Å². The molecule has 4 rings (SSSR count). The smallest absolute Gasteiger partial charge is 0.142 e. The number of nitrogens with zero attached hydrogens (tertiary/aromatic N) is 2. The maximum absolute atomic E-state index is 5.72. The number of benzene rings is 3. The highest BCUT2D eigenvalue weighted by Gasteiger charge is 2.18. The van der Waals surface area contributed by atoms with Crippen LogP contribution in [0.25, 0.3) is 16.9 Å². The van der Waals surface area contributed by atoms with Gasteiger partial charge in [0.05, 0.1) is 25.6 Å². The second kappa shape index (κ2) is 10.3. The van der Waals surface area contributed by atoms with E-state index >= 15 is 0 Å². The molecule has 4 aromatic rings. The average molecular weight is 455 g/mol. The normalized spacial score (nSPS) is 11.4. The lowest BCUT2D eigenvalue weighted by molar-refractivity contribution is 0.130. The number of hydrogen-bond acceptors (Lipinski definition) is 4. The summed E-state index contributed by atoms with van der Waals surface area (Å²) in [6.07, 6.45) is 0. The first-order chi connectivity index (χ1) is 16.5. The van der Waals surface area contributed by atoms with Gasteiger partial charge in [-0.05, 0) is 56.7 Å². The number of rotatable bonds is 8. The Morgan fingerprint density at radius 3 is 2.26 bits per heavy atom. The fourth-order valence-corrected chi connectivity index (χ4v) is 4.10. The second-order valence-electron chi connectivity index (χ2n) is 8.24. The molecular formula is C29H30N2O3. The van der Waals surface area contributed by atoms with Crippen LogP contribution in [0.5, 0.6) is 11.5 Å². The van der Waals surface area contributed by atoms with Gasteiger partial charge in [0, 0.05) is 28.6 Å². The molecule has 0 amide bonds. The Morgan fingerprint density at radius 1 is 0.824 bits per heavy atom. The first-order valence-electron chi connectivity index (χ1n) is 11.2. The first-order valence-corrected chi connectivity index (χ1v) is 11.2. The Hall–Kier alpha value is -3.99. The van der Waals surface area contributed by atoms with Crippen molar-refractivity contribution in [3.8, 4) is 28.4 Å². The summed E-state index contributed by atoms with van der Waals surface area (Å²) in [5.74, 6) is 1.61. The van der Waals surface area contributed by atoms with Crippen LogP contribution in [-0.2, 0) is 11.4 Å². The van der Waals surface area contributed by atoms with Crippen LogP contribution in [0.4, 0.5) is 0 Å². The summed E-state index contributed by atoms with van der Waals surface area (Å²) in [6.45, 7) is 6.57. The van der Waals surface area contributed by atoms with Gasteiger partial charge in [-0.25, -0.2) is 0 Å². The first kappa shape index (κ1) is 23.2. The van der Waals surface area contributed by atoms with Crippen molar-refractivity contribution in [3.63, 3.8) is 0 Å².